The first-order valence-corrected chi connectivity index (χ1v) is 4.71. The van der Waals surface area contributed by atoms with E-state index in [0.717, 1.165) is 0 Å². The van der Waals surface area contributed by atoms with Crippen molar-refractivity contribution < 1.29 is 0 Å². The molecular weight excluding hydrogens is 170 g/mol. The molecule has 70 valence electrons. The van der Waals surface area contributed by atoms with Crippen LogP contribution < -0.4 is 0 Å². The molecule has 0 bridgehead atoms. The Bertz CT molecular complexity index is 385. The van der Waals surface area contributed by atoms with Crippen LogP contribution in [0.1, 0.15) is 5.56 Å². The summed E-state index contributed by atoms with van der Waals surface area (Å²) in [5.41, 5.74) is 2.46. The van der Waals surface area contributed by atoms with E-state index in [2.05, 4.69) is 54.6 Å². The lowest BCUT2D eigenvalue weighted by molar-refractivity contribution is 0.656. The second-order valence-corrected chi connectivity index (χ2v) is 3.26. The number of benzene rings is 1. The maximum Gasteiger partial charge on any atom is 0.0477 e. The summed E-state index contributed by atoms with van der Waals surface area (Å²) < 4.78 is 0. The van der Waals surface area contributed by atoms with Crippen LogP contribution in [0, 0.1) is 0 Å². The predicted octanol–water partition coefficient (Wildman–Crippen LogP) is 3.04. The van der Waals surface area contributed by atoms with E-state index in [1.54, 1.807) is 0 Å². The fourth-order valence-electron chi connectivity index (χ4n) is 1.50. The molecule has 0 amide bonds. The van der Waals surface area contributed by atoms with Gasteiger partial charge in [-0.1, -0.05) is 42.5 Å². The van der Waals surface area contributed by atoms with E-state index < -0.39 is 0 Å². The van der Waals surface area contributed by atoms with Crippen molar-refractivity contribution in [3.63, 3.8) is 0 Å². The summed E-state index contributed by atoms with van der Waals surface area (Å²) in [6.07, 6.45) is 10.3. The lowest BCUT2D eigenvalue weighted by Gasteiger charge is -2.17. The lowest BCUT2D eigenvalue weighted by Crippen LogP contribution is -2.07. The van der Waals surface area contributed by atoms with Gasteiger partial charge < -0.3 is 4.90 Å². The molecule has 0 saturated heterocycles. The molecule has 1 heteroatoms. The Balaban J connectivity index is 2.39. The predicted molar refractivity (Wildman–Crippen MR) is 60.5 cm³/mol. The second-order valence-electron chi connectivity index (χ2n) is 3.26. The standard InChI is InChI=1S/C13H13N/c1-14-11-7-3-6-10-13(14)12-8-4-2-5-9-12/h2-11H,1H3. The van der Waals surface area contributed by atoms with Crippen molar-refractivity contribution in [2.45, 2.75) is 0 Å². The van der Waals surface area contributed by atoms with Crippen molar-refractivity contribution >= 4 is 5.70 Å². The molecule has 0 aliphatic carbocycles. The first-order valence-electron chi connectivity index (χ1n) is 4.71. The third kappa shape index (κ3) is 1.77. The summed E-state index contributed by atoms with van der Waals surface area (Å²) in [6.45, 7) is 0. The molecule has 1 aliphatic heterocycles. The Hall–Kier alpha value is -1.76. The maximum atomic E-state index is 2.12. The van der Waals surface area contributed by atoms with Crippen LogP contribution in [0.5, 0.6) is 0 Å². The monoisotopic (exact) mass is 183 g/mol. The van der Waals surface area contributed by atoms with Crippen LogP contribution in [-0.2, 0) is 0 Å². The largest absolute Gasteiger partial charge is 0.351 e. The molecule has 0 N–H and O–H groups in total. The number of allylic oxidation sites excluding steroid dienone is 4. The van der Waals surface area contributed by atoms with Gasteiger partial charge in [0.05, 0.1) is 0 Å². The maximum absolute atomic E-state index is 2.12. The first kappa shape index (κ1) is 8.82. The van der Waals surface area contributed by atoms with Crippen LogP contribution >= 0.6 is 0 Å². The summed E-state index contributed by atoms with van der Waals surface area (Å²) in [5.74, 6) is 0. The van der Waals surface area contributed by atoms with Crippen molar-refractivity contribution in [2.24, 2.45) is 0 Å². The van der Waals surface area contributed by atoms with E-state index in [-0.39, 0.29) is 0 Å². The van der Waals surface area contributed by atoms with Crippen molar-refractivity contribution in [1.29, 1.82) is 0 Å². The van der Waals surface area contributed by atoms with Gasteiger partial charge in [-0.05, 0) is 17.7 Å². The molecule has 0 radical (unpaired) electrons. The number of hydrogen-bond acceptors (Lipinski definition) is 1. The number of hydrogen-bond donors (Lipinski definition) is 0. The minimum Gasteiger partial charge on any atom is -0.351 e. The Kier molecular flexibility index (Phi) is 2.50. The van der Waals surface area contributed by atoms with E-state index >= 15 is 0 Å². The van der Waals surface area contributed by atoms with Crippen LogP contribution in [0.15, 0.2) is 60.8 Å². The number of nitrogens with zero attached hydrogens (tertiary/aromatic N) is 1. The number of rotatable bonds is 1. The Morgan fingerprint density at radius 2 is 1.71 bits per heavy atom. The molecule has 0 spiro atoms. The van der Waals surface area contributed by atoms with Crippen LogP contribution in [0.3, 0.4) is 0 Å². The van der Waals surface area contributed by atoms with Crippen molar-refractivity contribution in [3.05, 3.63) is 66.4 Å². The van der Waals surface area contributed by atoms with Gasteiger partial charge in [0, 0.05) is 18.9 Å². The minimum absolute atomic E-state index is 1.22. The molecule has 1 aliphatic rings. The van der Waals surface area contributed by atoms with Gasteiger partial charge >= 0.3 is 0 Å². The first-order chi connectivity index (χ1) is 6.88. The molecule has 0 aromatic heterocycles. The average molecular weight is 183 g/mol. The van der Waals surface area contributed by atoms with Gasteiger partial charge in [-0.25, -0.2) is 0 Å². The highest BCUT2D eigenvalue weighted by molar-refractivity contribution is 5.66. The average Bonchev–Trinajstić information content (AvgIpc) is 2.44. The van der Waals surface area contributed by atoms with E-state index in [4.69, 9.17) is 0 Å². The molecule has 1 aromatic rings. The normalized spacial score (nSPS) is 15.2. The fourth-order valence-corrected chi connectivity index (χ4v) is 1.50. The van der Waals surface area contributed by atoms with Crippen molar-refractivity contribution in [2.75, 3.05) is 7.05 Å². The zero-order chi connectivity index (χ0) is 9.80. The van der Waals surface area contributed by atoms with Gasteiger partial charge in [-0.15, -0.1) is 0 Å². The summed E-state index contributed by atoms with van der Waals surface area (Å²) in [5, 5.41) is 0. The summed E-state index contributed by atoms with van der Waals surface area (Å²) in [6, 6.07) is 10.4. The van der Waals surface area contributed by atoms with E-state index in [0.29, 0.717) is 0 Å². The molecule has 1 aromatic carbocycles. The van der Waals surface area contributed by atoms with E-state index in [1.807, 2.05) is 18.2 Å². The van der Waals surface area contributed by atoms with Crippen LogP contribution in [0.25, 0.3) is 5.70 Å². The Morgan fingerprint density at radius 1 is 0.929 bits per heavy atom. The highest BCUT2D eigenvalue weighted by Gasteiger charge is 2.03. The van der Waals surface area contributed by atoms with Gasteiger partial charge in [-0.3, -0.25) is 0 Å². The van der Waals surface area contributed by atoms with Crippen molar-refractivity contribution in [1.82, 2.24) is 4.90 Å². The third-order valence-electron chi connectivity index (χ3n) is 2.24. The van der Waals surface area contributed by atoms with Crippen LogP contribution in [-0.4, -0.2) is 11.9 Å². The topological polar surface area (TPSA) is 3.24 Å². The zero-order valence-corrected chi connectivity index (χ0v) is 8.22. The molecule has 0 unspecified atom stereocenters. The van der Waals surface area contributed by atoms with Gasteiger partial charge in [0.1, 0.15) is 0 Å². The van der Waals surface area contributed by atoms with Gasteiger partial charge in [0.25, 0.3) is 0 Å². The lowest BCUT2D eigenvalue weighted by atomic mass is 10.1. The fraction of sp³-hybridized carbons (Fsp3) is 0.0769. The van der Waals surface area contributed by atoms with Crippen LogP contribution in [0.4, 0.5) is 0 Å². The molecular formula is C13H13N. The molecule has 1 nitrogen and oxygen atoms in total. The smallest absolute Gasteiger partial charge is 0.0477 e. The molecule has 2 rings (SSSR count). The third-order valence-corrected chi connectivity index (χ3v) is 2.24. The summed E-state index contributed by atoms with van der Waals surface area (Å²) in [7, 11) is 2.06. The molecule has 1 heterocycles. The van der Waals surface area contributed by atoms with E-state index in [9.17, 15) is 0 Å². The SMILES string of the molecule is CN1C=CC=CC=C1c1ccccc1. The zero-order valence-electron chi connectivity index (χ0n) is 8.22. The van der Waals surface area contributed by atoms with Gasteiger partial charge in [0.15, 0.2) is 0 Å². The van der Waals surface area contributed by atoms with Crippen LogP contribution in [0.2, 0.25) is 0 Å². The second kappa shape index (κ2) is 3.97. The van der Waals surface area contributed by atoms with E-state index in [1.165, 1.54) is 11.3 Å². The van der Waals surface area contributed by atoms with Crippen molar-refractivity contribution in [3.8, 4) is 0 Å². The molecule has 0 atom stereocenters. The Labute approximate surface area is 84.7 Å². The van der Waals surface area contributed by atoms with Gasteiger partial charge in [0.2, 0.25) is 0 Å². The molecule has 0 saturated carbocycles. The van der Waals surface area contributed by atoms with Gasteiger partial charge in [-0.2, -0.15) is 0 Å². The highest BCUT2D eigenvalue weighted by atomic mass is 15.1. The minimum atomic E-state index is 1.22. The molecule has 14 heavy (non-hydrogen) atoms. The quantitative estimate of drug-likeness (QED) is 0.646. The Morgan fingerprint density at radius 3 is 2.50 bits per heavy atom. The summed E-state index contributed by atoms with van der Waals surface area (Å²) >= 11 is 0. The molecule has 0 fully saturated rings. The summed E-state index contributed by atoms with van der Waals surface area (Å²) in [4.78, 5) is 2.12. The highest BCUT2D eigenvalue weighted by Crippen LogP contribution is 2.19.